The molecule has 0 bridgehead atoms. The van der Waals surface area contributed by atoms with Crippen molar-refractivity contribution in [3.63, 3.8) is 0 Å². The fraction of sp³-hybridized carbons (Fsp3) is 0.300. The van der Waals surface area contributed by atoms with Crippen LogP contribution in [-0.4, -0.2) is 73.1 Å². The minimum Gasteiger partial charge on any atom is -0.494 e. The van der Waals surface area contributed by atoms with Gasteiger partial charge in [0.25, 0.3) is 11.8 Å². The molecule has 4 rings (SSSR count). The number of carbonyl (C=O) groups excluding carboxylic acids is 2. The van der Waals surface area contributed by atoms with E-state index in [-0.39, 0.29) is 41.7 Å². The van der Waals surface area contributed by atoms with Crippen LogP contribution in [-0.2, 0) is 11.4 Å². The molecule has 35 heavy (non-hydrogen) atoms. The summed E-state index contributed by atoms with van der Waals surface area (Å²) in [6.45, 7) is -0.367. The Hall–Kier alpha value is -3.87. The monoisotopic (exact) mass is 475 g/mol. The zero-order chi connectivity index (χ0) is 25.2. The fourth-order valence-corrected chi connectivity index (χ4v) is 3.29. The van der Waals surface area contributed by atoms with Gasteiger partial charge in [0, 0.05) is 12.0 Å². The number of carbonyl (C=O) groups is 2. The molecular formula is C20H24B3N7O5. The molecule has 15 heteroatoms. The number of aliphatic hydroxyl groups is 1. The van der Waals surface area contributed by atoms with Gasteiger partial charge >= 0.3 is 0 Å². The molecular weight excluding hydrogens is 451 g/mol. The van der Waals surface area contributed by atoms with E-state index in [0.717, 1.165) is 12.8 Å². The molecule has 12 nitrogen and oxygen atoms in total. The number of aliphatic hydroxyl groups excluding tert-OH is 1. The normalized spacial score (nSPS) is 13.2. The van der Waals surface area contributed by atoms with E-state index in [0.29, 0.717) is 22.7 Å². The van der Waals surface area contributed by atoms with Gasteiger partial charge in [-0.05, 0) is 30.2 Å². The number of hydrogen-bond donors (Lipinski definition) is 4. The minimum atomic E-state index is -0.505. The Kier molecular flexibility index (Phi) is 6.78. The third kappa shape index (κ3) is 5.80. The first-order chi connectivity index (χ1) is 16.7. The number of rotatable bonds is 9. The first-order valence-corrected chi connectivity index (χ1v) is 11.1. The van der Waals surface area contributed by atoms with Gasteiger partial charge in [0.05, 0.1) is 24.0 Å². The average molecular weight is 475 g/mol. The van der Waals surface area contributed by atoms with Crippen LogP contribution < -0.4 is 20.7 Å². The summed E-state index contributed by atoms with van der Waals surface area (Å²) >= 11 is 0. The molecule has 1 aliphatic carbocycles. The van der Waals surface area contributed by atoms with Crippen molar-refractivity contribution in [2.75, 3.05) is 17.7 Å². The Morgan fingerprint density at radius 1 is 1.23 bits per heavy atom. The Labute approximate surface area is 203 Å². The first kappa shape index (κ1) is 24.3. The highest BCUT2D eigenvalue weighted by molar-refractivity contribution is 6.60. The summed E-state index contributed by atoms with van der Waals surface area (Å²) in [7, 11) is 7.04. The van der Waals surface area contributed by atoms with Crippen LogP contribution in [0.1, 0.15) is 29.2 Å². The van der Waals surface area contributed by atoms with Crippen molar-refractivity contribution in [2.45, 2.75) is 24.7 Å². The quantitative estimate of drug-likeness (QED) is 0.264. The van der Waals surface area contributed by atoms with Gasteiger partial charge in [-0.3, -0.25) is 9.59 Å². The lowest BCUT2D eigenvalue weighted by Gasteiger charge is -2.21. The second-order valence-corrected chi connectivity index (χ2v) is 9.14. The van der Waals surface area contributed by atoms with Crippen molar-refractivity contribution in [1.82, 2.24) is 25.7 Å². The summed E-state index contributed by atoms with van der Waals surface area (Å²) in [6.07, 6.45) is 1.68. The van der Waals surface area contributed by atoms with Crippen molar-refractivity contribution in [3.05, 3.63) is 35.8 Å². The van der Waals surface area contributed by atoms with Gasteiger partial charge < -0.3 is 30.3 Å². The maximum absolute atomic E-state index is 13.0. The molecule has 2 amide bonds. The highest BCUT2D eigenvalue weighted by atomic mass is 16.5. The molecule has 0 aliphatic heterocycles. The number of anilines is 3. The van der Waals surface area contributed by atoms with Gasteiger partial charge in [-0.1, -0.05) is 11.2 Å². The van der Waals surface area contributed by atoms with Crippen LogP contribution in [0.5, 0.6) is 5.75 Å². The molecule has 0 spiro atoms. The zero-order valence-corrected chi connectivity index (χ0v) is 19.9. The van der Waals surface area contributed by atoms with Crippen molar-refractivity contribution >= 4 is 52.5 Å². The van der Waals surface area contributed by atoms with E-state index >= 15 is 0 Å². The lowest BCUT2D eigenvalue weighted by Crippen LogP contribution is -2.50. The fourth-order valence-electron chi connectivity index (χ4n) is 3.29. The number of aromatic nitrogens is 4. The van der Waals surface area contributed by atoms with Gasteiger partial charge in [0.15, 0.2) is 23.1 Å². The van der Waals surface area contributed by atoms with Gasteiger partial charge in [-0.25, -0.2) is 0 Å². The first-order valence-electron chi connectivity index (χ1n) is 11.1. The molecule has 0 unspecified atom stereocenters. The number of hydrogen-bond acceptors (Lipinski definition) is 10. The van der Waals surface area contributed by atoms with Gasteiger partial charge in [0.1, 0.15) is 30.1 Å². The predicted octanol–water partition coefficient (Wildman–Crippen LogP) is -1.64. The molecule has 0 radical (unpaired) electrons. The number of benzene rings is 1. The number of ether oxygens (including phenoxy) is 1. The van der Waals surface area contributed by atoms with Crippen LogP contribution >= 0.6 is 0 Å². The van der Waals surface area contributed by atoms with Crippen LogP contribution in [0.3, 0.4) is 0 Å². The SMILES string of the molecule is BC(B)(B)NC(=O)c1nnc(NC(=O)C2CC2)cc1Nc1cccc(-c2nc(CO)no2)c1OC. The average Bonchev–Trinajstić information content (AvgIpc) is 3.55. The molecule has 1 aromatic carbocycles. The van der Waals surface area contributed by atoms with Crippen molar-refractivity contribution < 1.29 is 24.0 Å². The highest BCUT2D eigenvalue weighted by Crippen LogP contribution is 2.38. The summed E-state index contributed by atoms with van der Waals surface area (Å²) in [5.41, 5.74) is 1.31. The molecule has 3 aromatic rings. The van der Waals surface area contributed by atoms with Crippen molar-refractivity contribution in [1.29, 1.82) is 0 Å². The summed E-state index contributed by atoms with van der Waals surface area (Å²) in [6, 6.07) is 6.74. The third-order valence-electron chi connectivity index (χ3n) is 5.03. The van der Waals surface area contributed by atoms with Crippen LogP contribution in [0.15, 0.2) is 28.8 Å². The second kappa shape index (κ2) is 9.78. The lowest BCUT2D eigenvalue weighted by molar-refractivity contribution is -0.117. The van der Waals surface area contributed by atoms with Gasteiger partial charge in [-0.15, -0.1) is 10.2 Å². The number of methoxy groups -OCH3 is 1. The summed E-state index contributed by atoms with van der Waals surface area (Å²) < 4.78 is 10.8. The van der Waals surface area contributed by atoms with E-state index < -0.39 is 11.1 Å². The largest absolute Gasteiger partial charge is 0.494 e. The molecule has 2 aromatic heterocycles. The van der Waals surface area contributed by atoms with E-state index in [2.05, 4.69) is 36.3 Å². The lowest BCUT2D eigenvalue weighted by atomic mass is 9.49. The summed E-state index contributed by atoms with van der Waals surface area (Å²) in [4.78, 5) is 29.4. The van der Waals surface area contributed by atoms with E-state index in [1.165, 1.54) is 7.11 Å². The topological polar surface area (TPSA) is 164 Å². The maximum Gasteiger partial charge on any atom is 0.272 e. The number of nitrogens with one attached hydrogen (secondary N) is 3. The number of para-hydroxylation sites is 1. The molecule has 4 N–H and O–H groups in total. The Morgan fingerprint density at radius 3 is 2.63 bits per heavy atom. The summed E-state index contributed by atoms with van der Waals surface area (Å²) in [5, 5.41) is 29.4. The van der Waals surface area contributed by atoms with E-state index in [1.54, 1.807) is 24.3 Å². The highest BCUT2D eigenvalue weighted by Gasteiger charge is 2.30. The van der Waals surface area contributed by atoms with Crippen LogP contribution in [0, 0.1) is 5.92 Å². The Bertz CT molecular complexity index is 1260. The Balaban J connectivity index is 1.72. The minimum absolute atomic E-state index is 0.0212. The molecule has 2 heterocycles. The van der Waals surface area contributed by atoms with Crippen molar-refractivity contribution in [2.24, 2.45) is 5.92 Å². The van der Waals surface area contributed by atoms with Crippen LogP contribution in [0.25, 0.3) is 11.5 Å². The number of amides is 2. The van der Waals surface area contributed by atoms with E-state index in [1.807, 2.05) is 23.5 Å². The Morgan fingerprint density at radius 2 is 2.00 bits per heavy atom. The molecule has 1 aliphatic rings. The standard InChI is InChI=1S/C20H24B3N7O5/c1-34-16-10(19-26-14(8-31)30-35-19)3-2-4-11(16)24-12-7-13(25-17(32)9-5-6-9)28-29-15(12)18(33)27-20(21,22)23/h2-4,7,9,31H,5-6,8,21-23H2,1H3,(H,27,33)(H2,24,25,28,32). The van der Waals surface area contributed by atoms with E-state index in [9.17, 15) is 14.7 Å². The third-order valence-corrected chi connectivity index (χ3v) is 5.03. The van der Waals surface area contributed by atoms with Gasteiger partial charge in [0.2, 0.25) is 5.91 Å². The smallest absolute Gasteiger partial charge is 0.272 e. The molecule has 1 saturated carbocycles. The molecule has 0 atom stereocenters. The van der Waals surface area contributed by atoms with Crippen LogP contribution in [0.4, 0.5) is 17.2 Å². The molecule has 1 fully saturated rings. The molecule has 178 valence electrons. The second-order valence-electron chi connectivity index (χ2n) is 9.14. The van der Waals surface area contributed by atoms with E-state index in [4.69, 9.17) is 9.26 Å². The predicted molar refractivity (Wildman–Crippen MR) is 135 cm³/mol. The van der Waals surface area contributed by atoms with Gasteiger partial charge in [-0.2, -0.15) is 4.98 Å². The summed E-state index contributed by atoms with van der Waals surface area (Å²) in [5.74, 6) is 0.285. The van der Waals surface area contributed by atoms with Crippen LogP contribution in [0.2, 0.25) is 0 Å². The molecule has 0 saturated heterocycles. The number of nitrogens with zero attached hydrogens (tertiary/aromatic N) is 4. The zero-order valence-electron chi connectivity index (χ0n) is 19.9. The maximum atomic E-state index is 13.0. The van der Waals surface area contributed by atoms with Crippen molar-refractivity contribution in [3.8, 4) is 17.2 Å².